The SMILES string of the molecule is CN(C(=O)NCCn1cnc(C(=O)O)c1)c1cccnc1. The summed E-state index contributed by atoms with van der Waals surface area (Å²) in [5.41, 5.74) is 0.666. The Morgan fingerprint density at radius 3 is 2.90 bits per heavy atom. The normalized spacial score (nSPS) is 10.1. The predicted molar refractivity (Wildman–Crippen MR) is 75.2 cm³/mol. The minimum absolute atomic E-state index is 0.0196. The summed E-state index contributed by atoms with van der Waals surface area (Å²) in [6, 6.07) is 3.26. The maximum Gasteiger partial charge on any atom is 0.356 e. The molecule has 0 saturated heterocycles. The number of carboxylic acids is 1. The number of anilines is 1. The van der Waals surface area contributed by atoms with Gasteiger partial charge >= 0.3 is 12.0 Å². The minimum atomic E-state index is -1.07. The molecule has 0 radical (unpaired) electrons. The third-order valence-electron chi connectivity index (χ3n) is 2.84. The van der Waals surface area contributed by atoms with E-state index in [1.54, 1.807) is 36.1 Å². The van der Waals surface area contributed by atoms with Crippen molar-refractivity contribution in [3.8, 4) is 0 Å². The fourth-order valence-electron chi connectivity index (χ4n) is 1.67. The van der Waals surface area contributed by atoms with Crippen LogP contribution in [-0.4, -0.2) is 45.2 Å². The van der Waals surface area contributed by atoms with Crippen LogP contribution in [0.3, 0.4) is 0 Å². The van der Waals surface area contributed by atoms with Crippen molar-refractivity contribution in [3.05, 3.63) is 42.7 Å². The van der Waals surface area contributed by atoms with Crippen LogP contribution in [0.5, 0.6) is 0 Å². The Bertz CT molecular complexity index is 626. The molecular formula is C13H15N5O3. The van der Waals surface area contributed by atoms with Crippen LogP contribution in [0, 0.1) is 0 Å². The van der Waals surface area contributed by atoms with Gasteiger partial charge in [0.1, 0.15) is 0 Å². The first-order valence-corrected chi connectivity index (χ1v) is 6.24. The molecule has 0 fully saturated rings. The van der Waals surface area contributed by atoms with Gasteiger partial charge in [-0.05, 0) is 12.1 Å². The van der Waals surface area contributed by atoms with E-state index in [1.807, 2.05) is 0 Å². The number of hydrogen-bond acceptors (Lipinski definition) is 4. The number of aromatic carboxylic acids is 1. The molecule has 21 heavy (non-hydrogen) atoms. The average molecular weight is 289 g/mol. The van der Waals surface area contributed by atoms with Crippen molar-refractivity contribution in [1.29, 1.82) is 0 Å². The highest BCUT2D eigenvalue weighted by Gasteiger charge is 2.10. The molecule has 0 spiro atoms. The summed E-state index contributed by atoms with van der Waals surface area (Å²) in [7, 11) is 1.64. The molecule has 8 heteroatoms. The smallest absolute Gasteiger partial charge is 0.356 e. The van der Waals surface area contributed by atoms with E-state index in [0.717, 1.165) is 0 Å². The first-order valence-electron chi connectivity index (χ1n) is 6.24. The van der Waals surface area contributed by atoms with E-state index in [1.165, 1.54) is 17.4 Å². The molecular weight excluding hydrogens is 274 g/mol. The van der Waals surface area contributed by atoms with Crippen LogP contribution in [0.4, 0.5) is 10.5 Å². The van der Waals surface area contributed by atoms with Crippen molar-refractivity contribution in [2.75, 3.05) is 18.5 Å². The largest absolute Gasteiger partial charge is 0.476 e. The average Bonchev–Trinajstić information content (AvgIpc) is 2.96. The van der Waals surface area contributed by atoms with Gasteiger partial charge in [0, 0.05) is 32.5 Å². The molecule has 0 saturated carbocycles. The fraction of sp³-hybridized carbons (Fsp3) is 0.231. The Balaban J connectivity index is 1.82. The molecule has 2 rings (SSSR count). The molecule has 8 nitrogen and oxygen atoms in total. The first kappa shape index (κ1) is 14.5. The number of nitrogens with one attached hydrogen (secondary N) is 1. The van der Waals surface area contributed by atoms with Crippen LogP contribution in [0.15, 0.2) is 37.1 Å². The van der Waals surface area contributed by atoms with E-state index in [0.29, 0.717) is 18.8 Å². The van der Waals surface area contributed by atoms with Crippen molar-refractivity contribution >= 4 is 17.7 Å². The second kappa shape index (κ2) is 6.51. The zero-order valence-corrected chi connectivity index (χ0v) is 11.4. The van der Waals surface area contributed by atoms with Crippen LogP contribution >= 0.6 is 0 Å². The van der Waals surface area contributed by atoms with E-state index < -0.39 is 5.97 Å². The summed E-state index contributed by atoms with van der Waals surface area (Å²) >= 11 is 0. The topological polar surface area (TPSA) is 100 Å². The van der Waals surface area contributed by atoms with Crippen molar-refractivity contribution in [2.24, 2.45) is 0 Å². The van der Waals surface area contributed by atoms with Gasteiger partial charge in [-0.3, -0.25) is 9.88 Å². The molecule has 0 atom stereocenters. The second-order valence-corrected chi connectivity index (χ2v) is 4.30. The number of carboxylic acid groups (broad SMARTS) is 1. The number of pyridine rings is 1. The Morgan fingerprint density at radius 2 is 2.29 bits per heavy atom. The van der Waals surface area contributed by atoms with E-state index in [2.05, 4.69) is 15.3 Å². The molecule has 0 aliphatic heterocycles. The summed E-state index contributed by atoms with van der Waals surface area (Å²) in [5.74, 6) is -1.07. The van der Waals surface area contributed by atoms with Crippen LogP contribution in [-0.2, 0) is 6.54 Å². The van der Waals surface area contributed by atoms with Crippen LogP contribution in [0.1, 0.15) is 10.5 Å². The fourth-order valence-corrected chi connectivity index (χ4v) is 1.67. The number of carbonyl (C=O) groups excluding carboxylic acids is 1. The number of carbonyl (C=O) groups is 2. The first-order chi connectivity index (χ1) is 10.1. The van der Waals surface area contributed by atoms with Gasteiger partial charge in [-0.25, -0.2) is 14.6 Å². The van der Waals surface area contributed by atoms with Crippen molar-refractivity contribution in [1.82, 2.24) is 19.9 Å². The van der Waals surface area contributed by atoms with E-state index >= 15 is 0 Å². The van der Waals surface area contributed by atoms with Gasteiger partial charge in [0.25, 0.3) is 0 Å². The monoisotopic (exact) mass is 289 g/mol. The van der Waals surface area contributed by atoms with Crippen molar-refractivity contribution < 1.29 is 14.7 Å². The van der Waals surface area contributed by atoms with E-state index in [9.17, 15) is 9.59 Å². The Hall–Kier alpha value is -2.90. The molecule has 2 amide bonds. The molecule has 0 aliphatic carbocycles. The van der Waals surface area contributed by atoms with Crippen molar-refractivity contribution in [2.45, 2.75) is 6.54 Å². The minimum Gasteiger partial charge on any atom is -0.476 e. The number of urea groups is 1. The molecule has 2 heterocycles. The Kier molecular flexibility index (Phi) is 4.50. The predicted octanol–water partition coefficient (Wildman–Crippen LogP) is 0.822. The highest BCUT2D eigenvalue weighted by molar-refractivity contribution is 5.91. The maximum absolute atomic E-state index is 11.9. The molecule has 0 bridgehead atoms. The lowest BCUT2D eigenvalue weighted by Gasteiger charge is -2.17. The third kappa shape index (κ3) is 3.78. The van der Waals surface area contributed by atoms with Gasteiger partial charge in [0.05, 0.1) is 18.2 Å². The van der Waals surface area contributed by atoms with Crippen molar-refractivity contribution in [3.63, 3.8) is 0 Å². The molecule has 2 aromatic rings. The van der Waals surface area contributed by atoms with Gasteiger partial charge in [0.15, 0.2) is 5.69 Å². The van der Waals surface area contributed by atoms with Gasteiger partial charge in [-0.2, -0.15) is 0 Å². The third-order valence-corrected chi connectivity index (χ3v) is 2.84. The molecule has 2 N–H and O–H groups in total. The lowest BCUT2D eigenvalue weighted by Crippen LogP contribution is -2.38. The molecule has 0 unspecified atom stereocenters. The molecule has 0 aliphatic rings. The summed E-state index contributed by atoms with van der Waals surface area (Å²) in [6.07, 6.45) is 6.06. The lowest BCUT2D eigenvalue weighted by molar-refractivity contribution is 0.0691. The maximum atomic E-state index is 11.9. The molecule has 2 aromatic heterocycles. The summed E-state index contributed by atoms with van der Waals surface area (Å²) in [5, 5.41) is 11.5. The Morgan fingerprint density at radius 1 is 1.48 bits per heavy atom. The second-order valence-electron chi connectivity index (χ2n) is 4.30. The quantitative estimate of drug-likeness (QED) is 0.848. The number of nitrogens with zero attached hydrogens (tertiary/aromatic N) is 4. The zero-order valence-electron chi connectivity index (χ0n) is 11.4. The number of imidazole rings is 1. The van der Waals surface area contributed by atoms with E-state index in [4.69, 9.17) is 5.11 Å². The highest BCUT2D eigenvalue weighted by atomic mass is 16.4. The van der Waals surface area contributed by atoms with Gasteiger partial charge in [-0.1, -0.05) is 0 Å². The van der Waals surface area contributed by atoms with Crippen LogP contribution in [0.2, 0.25) is 0 Å². The van der Waals surface area contributed by atoms with Gasteiger partial charge in [-0.15, -0.1) is 0 Å². The molecule has 0 aromatic carbocycles. The summed E-state index contributed by atoms with van der Waals surface area (Å²) < 4.78 is 1.60. The standard InChI is InChI=1S/C13H15N5O3/c1-17(10-3-2-4-14-7-10)13(21)15-5-6-18-8-11(12(19)20)16-9-18/h2-4,7-9H,5-6H2,1H3,(H,15,21)(H,19,20). The number of hydrogen-bond donors (Lipinski definition) is 2. The lowest BCUT2D eigenvalue weighted by atomic mass is 10.4. The summed E-state index contributed by atoms with van der Waals surface area (Å²) in [6.45, 7) is 0.797. The van der Waals surface area contributed by atoms with Crippen LogP contribution in [0.25, 0.3) is 0 Å². The van der Waals surface area contributed by atoms with E-state index in [-0.39, 0.29) is 11.7 Å². The van der Waals surface area contributed by atoms with Gasteiger partial charge < -0.3 is 15.0 Å². The van der Waals surface area contributed by atoms with Crippen LogP contribution < -0.4 is 10.2 Å². The zero-order chi connectivity index (χ0) is 15.2. The number of rotatable bonds is 5. The molecule has 110 valence electrons. The highest BCUT2D eigenvalue weighted by Crippen LogP contribution is 2.08. The Labute approximate surface area is 121 Å². The summed E-state index contributed by atoms with van der Waals surface area (Å²) in [4.78, 5) is 31.7. The number of amides is 2. The van der Waals surface area contributed by atoms with Gasteiger partial charge in [0.2, 0.25) is 0 Å². The number of aromatic nitrogens is 3.